The molecule has 0 saturated carbocycles. The molecule has 98 valence electrons. The lowest BCUT2D eigenvalue weighted by atomic mass is 9.96. The number of primary amides is 1. The molecule has 7 heteroatoms. The molecule has 0 spiro atoms. The van der Waals surface area contributed by atoms with Crippen molar-refractivity contribution in [3.8, 4) is 0 Å². The Kier molecular flexibility index (Phi) is 5.33. The molecule has 0 aromatic heterocycles. The van der Waals surface area contributed by atoms with Gasteiger partial charge < -0.3 is 10.5 Å². The van der Waals surface area contributed by atoms with Crippen LogP contribution in [0.5, 0.6) is 0 Å². The van der Waals surface area contributed by atoms with Crippen molar-refractivity contribution in [1.29, 1.82) is 0 Å². The third-order valence-electron chi connectivity index (χ3n) is 3.07. The number of carbonyl (C=O) groups excluding carboxylic acids is 2. The lowest BCUT2D eigenvalue weighted by molar-refractivity contribution is -0.132. The zero-order chi connectivity index (χ0) is 12.8. The number of likely N-dealkylation sites (tertiary alicyclic amines) is 1. The molecule has 0 aromatic rings. The molecule has 1 fully saturated rings. The number of nitrogens with zero attached hydrogens (tertiary/aromatic N) is 1. The second-order valence-corrected chi connectivity index (χ2v) is 4.22. The van der Waals surface area contributed by atoms with Crippen molar-refractivity contribution in [2.75, 3.05) is 26.8 Å². The van der Waals surface area contributed by atoms with Crippen LogP contribution in [-0.4, -0.2) is 49.6 Å². The average molecular weight is 244 g/mol. The molecule has 17 heavy (non-hydrogen) atoms. The van der Waals surface area contributed by atoms with Gasteiger partial charge in [0.1, 0.15) is 6.04 Å². The van der Waals surface area contributed by atoms with Crippen molar-refractivity contribution < 1.29 is 14.3 Å². The number of methoxy groups -OCH3 is 1. The number of hydrogen-bond donors (Lipinski definition) is 3. The fourth-order valence-corrected chi connectivity index (χ4v) is 2.12. The number of hydrazine groups is 1. The highest BCUT2D eigenvalue weighted by molar-refractivity contribution is 5.81. The summed E-state index contributed by atoms with van der Waals surface area (Å²) < 4.78 is 5.00. The number of rotatable bonds is 5. The van der Waals surface area contributed by atoms with Crippen LogP contribution in [0.3, 0.4) is 0 Å². The lowest BCUT2D eigenvalue weighted by Gasteiger charge is -2.35. The first-order valence-corrected chi connectivity index (χ1v) is 5.63. The van der Waals surface area contributed by atoms with Gasteiger partial charge in [-0.05, 0) is 19.4 Å². The Morgan fingerprint density at radius 3 is 2.82 bits per heavy atom. The maximum Gasteiger partial charge on any atom is 0.253 e. The summed E-state index contributed by atoms with van der Waals surface area (Å²) in [5, 5.41) is 0. The Morgan fingerprint density at radius 1 is 1.59 bits per heavy atom. The molecule has 1 rings (SSSR count). The van der Waals surface area contributed by atoms with E-state index in [2.05, 4.69) is 5.43 Å². The molecule has 2 amide bonds. The van der Waals surface area contributed by atoms with E-state index in [0.717, 1.165) is 19.4 Å². The molecule has 0 bridgehead atoms. The predicted molar refractivity (Wildman–Crippen MR) is 61.5 cm³/mol. The molecule has 0 aliphatic carbocycles. The van der Waals surface area contributed by atoms with E-state index in [4.69, 9.17) is 16.3 Å². The Balaban J connectivity index is 2.66. The first-order chi connectivity index (χ1) is 8.10. The van der Waals surface area contributed by atoms with Gasteiger partial charge in [-0.1, -0.05) is 0 Å². The summed E-state index contributed by atoms with van der Waals surface area (Å²) >= 11 is 0. The van der Waals surface area contributed by atoms with Gasteiger partial charge in [-0.2, -0.15) is 0 Å². The number of nitrogens with two attached hydrogens (primary N) is 2. The van der Waals surface area contributed by atoms with Crippen LogP contribution < -0.4 is 17.0 Å². The lowest BCUT2D eigenvalue weighted by Crippen LogP contribution is -2.55. The Bertz CT molecular complexity index is 285. The predicted octanol–water partition coefficient (Wildman–Crippen LogP) is -1.81. The van der Waals surface area contributed by atoms with E-state index in [1.807, 2.05) is 4.90 Å². The molecular weight excluding hydrogens is 224 g/mol. The quantitative estimate of drug-likeness (QED) is 0.300. The van der Waals surface area contributed by atoms with E-state index >= 15 is 0 Å². The number of amides is 2. The Hall–Kier alpha value is -1.18. The van der Waals surface area contributed by atoms with E-state index in [9.17, 15) is 9.59 Å². The van der Waals surface area contributed by atoms with E-state index in [-0.39, 0.29) is 24.3 Å². The summed E-state index contributed by atoms with van der Waals surface area (Å²) in [7, 11) is 1.52. The fraction of sp³-hybridized carbons (Fsp3) is 0.800. The van der Waals surface area contributed by atoms with E-state index in [1.54, 1.807) is 0 Å². The summed E-state index contributed by atoms with van der Waals surface area (Å²) in [5.74, 6) is 4.30. The van der Waals surface area contributed by atoms with Crippen molar-refractivity contribution in [2.45, 2.75) is 18.9 Å². The average Bonchev–Trinajstić information content (AvgIpc) is 2.35. The van der Waals surface area contributed by atoms with Gasteiger partial charge in [-0.25, -0.2) is 5.84 Å². The highest BCUT2D eigenvalue weighted by Crippen LogP contribution is 2.18. The van der Waals surface area contributed by atoms with E-state index in [0.29, 0.717) is 6.54 Å². The van der Waals surface area contributed by atoms with E-state index < -0.39 is 6.04 Å². The smallest absolute Gasteiger partial charge is 0.253 e. The van der Waals surface area contributed by atoms with Gasteiger partial charge in [0, 0.05) is 13.7 Å². The van der Waals surface area contributed by atoms with Crippen LogP contribution in [0.25, 0.3) is 0 Å². The molecule has 7 nitrogen and oxygen atoms in total. The topological polar surface area (TPSA) is 111 Å². The fourth-order valence-electron chi connectivity index (χ4n) is 2.12. The highest BCUT2D eigenvalue weighted by Gasteiger charge is 2.32. The minimum absolute atomic E-state index is 0.200. The molecule has 5 N–H and O–H groups in total. The highest BCUT2D eigenvalue weighted by atomic mass is 16.5. The third-order valence-corrected chi connectivity index (χ3v) is 3.07. The van der Waals surface area contributed by atoms with Crippen molar-refractivity contribution in [3.05, 3.63) is 0 Å². The zero-order valence-electron chi connectivity index (χ0n) is 10.0. The van der Waals surface area contributed by atoms with Gasteiger partial charge >= 0.3 is 0 Å². The van der Waals surface area contributed by atoms with E-state index in [1.165, 1.54) is 7.11 Å². The van der Waals surface area contributed by atoms with Gasteiger partial charge in [-0.15, -0.1) is 0 Å². The van der Waals surface area contributed by atoms with Gasteiger partial charge in [0.15, 0.2) is 0 Å². The van der Waals surface area contributed by atoms with Crippen LogP contribution >= 0.6 is 0 Å². The molecule has 0 radical (unpaired) electrons. The number of piperidine rings is 1. The monoisotopic (exact) mass is 244 g/mol. The van der Waals surface area contributed by atoms with Gasteiger partial charge in [0.2, 0.25) is 5.91 Å². The van der Waals surface area contributed by atoms with Crippen molar-refractivity contribution >= 4 is 11.8 Å². The minimum Gasteiger partial charge on any atom is -0.383 e. The van der Waals surface area contributed by atoms with Crippen molar-refractivity contribution in [1.82, 2.24) is 10.3 Å². The number of carbonyl (C=O) groups is 2. The first-order valence-electron chi connectivity index (χ1n) is 5.63. The number of ether oxygens (including phenoxy) is 1. The molecule has 1 aliphatic rings. The maximum atomic E-state index is 11.6. The van der Waals surface area contributed by atoms with Crippen LogP contribution in [0.1, 0.15) is 12.8 Å². The molecule has 1 heterocycles. The molecule has 0 aromatic carbocycles. The van der Waals surface area contributed by atoms with Crippen LogP contribution in [0.2, 0.25) is 0 Å². The molecule has 2 unspecified atom stereocenters. The third kappa shape index (κ3) is 3.65. The second-order valence-electron chi connectivity index (χ2n) is 4.22. The van der Waals surface area contributed by atoms with Gasteiger partial charge in [0.25, 0.3) is 5.91 Å². The molecule has 2 atom stereocenters. The van der Waals surface area contributed by atoms with Crippen LogP contribution in [0, 0.1) is 5.92 Å². The number of nitrogens with one attached hydrogen (secondary N) is 1. The maximum absolute atomic E-state index is 11.6. The summed E-state index contributed by atoms with van der Waals surface area (Å²) in [6.45, 7) is 1.47. The molecular formula is C10H20N4O3. The summed E-state index contributed by atoms with van der Waals surface area (Å²) in [6, 6.07) is -0.466. The van der Waals surface area contributed by atoms with Crippen molar-refractivity contribution in [2.24, 2.45) is 17.5 Å². The largest absolute Gasteiger partial charge is 0.383 e. The Labute approximate surface area is 100 Å². The van der Waals surface area contributed by atoms with Crippen LogP contribution in [0.4, 0.5) is 0 Å². The number of hydrogen-bond acceptors (Lipinski definition) is 5. The standard InChI is InChI=1S/C10H20N4O3/c1-17-6-8(10(16)13-12)14-4-2-3-7(5-14)9(11)15/h7-8H,2-6,12H2,1H3,(H2,11,15)(H,13,16). The molecule has 1 aliphatic heterocycles. The zero-order valence-corrected chi connectivity index (χ0v) is 10.0. The van der Waals surface area contributed by atoms with Gasteiger partial charge in [-0.3, -0.25) is 19.9 Å². The summed E-state index contributed by atoms with van der Waals surface area (Å²) in [5.41, 5.74) is 7.40. The Morgan fingerprint density at radius 2 is 2.29 bits per heavy atom. The van der Waals surface area contributed by atoms with Crippen molar-refractivity contribution in [3.63, 3.8) is 0 Å². The second kappa shape index (κ2) is 6.53. The van der Waals surface area contributed by atoms with Gasteiger partial charge in [0.05, 0.1) is 12.5 Å². The summed E-state index contributed by atoms with van der Waals surface area (Å²) in [4.78, 5) is 24.7. The summed E-state index contributed by atoms with van der Waals surface area (Å²) in [6.07, 6.45) is 1.61. The SMILES string of the molecule is COCC(C(=O)NN)N1CCCC(C(N)=O)C1. The van der Waals surface area contributed by atoms with Crippen LogP contribution in [-0.2, 0) is 14.3 Å². The van der Waals surface area contributed by atoms with Crippen LogP contribution in [0.15, 0.2) is 0 Å². The molecule has 1 saturated heterocycles. The minimum atomic E-state index is -0.466. The normalized spacial score (nSPS) is 23.1. The first kappa shape index (κ1) is 13.9.